The van der Waals surface area contributed by atoms with Crippen molar-refractivity contribution in [2.45, 2.75) is 52.4 Å². The second-order valence-electron chi connectivity index (χ2n) is 4.90. The third-order valence-electron chi connectivity index (χ3n) is 3.21. The predicted octanol–water partition coefficient (Wildman–Crippen LogP) is 3.92. The van der Waals surface area contributed by atoms with E-state index in [0.717, 1.165) is 12.8 Å². The third-order valence-corrected chi connectivity index (χ3v) is 4.26. The number of thioether (sulfide) groups is 1. The Kier molecular flexibility index (Phi) is 6.39. The van der Waals surface area contributed by atoms with Crippen LogP contribution in [0.1, 0.15) is 52.4 Å². The van der Waals surface area contributed by atoms with Gasteiger partial charge in [0, 0.05) is 12.8 Å². The Morgan fingerprint density at radius 1 is 1.40 bits per heavy atom. The Labute approximate surface area is 98.4 Å². The first-order chi connectivity index (χ1) is 7.22. The fraction of sp³-hybridized carbons (Fsp3) is 0.923. The van der Waals surface area contributed by atoms with Crippen molar-refractivity contribution in [3.05, 3.63) is 0 Å². The van der Waals surface area contributed by atoms with Crippen LogP contribution in [-0.2, 0) is 4.79 Å². The number of Topliss-reactive ketones (excluding diaryl/α,β-unsaturated/α-hetero) is 1. The van der Waals surface area contributed by atoms with Gasteiger partial charge in [-0.3, -0.25) is 4.79 Å². The molecule has 1 nitrogen and oxygen atoms in total. The molecule has 0 bridgehead atoms. The van der Waals surface area contributed by atoms with Gasteiger partial charge >= 0.3 is 0 Å². The zero-order valence-corrected chi connectivity index (χ0v) is 10.9. The van der Waals surface area contributed by atoms with Gasteiger partial charge in [0.25, 0.3) is 0 Å². The smallest absolute Gasteiger partial charge is 0.133 e. The van der Waals surface area contributed by atoms with Gasteiger partial charge < -0.3 is 0 Å². The molecule has 1 heterocycles. The topological polar surface area (TPSA) is 17.1 Å². The van der Waals surface area contributed by atoms with Crippen LogP contribution in [0.3, 0.4) is 0 Å². The second-order valence-corrected chi connectivity index (χ2v) is 6.12. The van der Waals surface area contributed by atoms with Gasteiger partial charge in [0.05, 0.1) is 0 Å². The van der Waals surface area contributed by atoms with Gasteiger partial charge in [0.2, 0.25) is 0 Å². The van der Waals surface area contributed by atoms with Gasteiger partial charge in [-0.05, 0) is 36.2 Å². The molecule has 0 spiro atoms. The summed E-state index contributed by atoms with van der Waals surface area (Å²) in [5.74, 6) is 4.34. The molecule has 1 unspecified atom stereocenters. The van der Waals surface area contributed by atoms with Gasteiger partial charge in [-0.2, -0.15) is 11.8 Å². The molecule has 1 saturated heterocycles. The van der Waals surface area contributed by atoms with Crippen LogP contribution < -0.4 is 0 Å². The molecule has 0 N–H and O–H groups in total. The molecular formula is C13H24OS. The average Bonchev–Trinajstić information content (AvgIpc) is 2.19. The standard InChI is InChI=1S/C13H24OS/c1-3-4-11(2)9-13(14)10-12-5-7-15-8-6-12/h11-12H,3-10H2,1-2H3. The fourth-order valence-corrected chi connectivity index (χ4v) is 3.54. The lowest BCUT2D eigenvalue weighted by atomic mass is 9.91. The first kappa shape index (κ1) is 13.1. The highest BCUT2D eigenvalue weighted by Gasteiger charge is 2.18. The molecule has 1 fully saturated rings. The van der Waals surface area contributed by atoms with E-state index in [1.807, 2.05) is 11.8 Å². The molecule has 1 aliphatic rings. The van der Waals surface area contributed by atoms with Crippen LogP contribution in [0.2, 0.25) is 0 Å². The predicted molar refractivity (Wildman–Crippen MR) is 68.4 cm³/mol. The van der Waals surface area contributed by atoms with Gasteiger partial charge in [0.1, 0.15) is 5.78 Å². The largest absolute Gasteiger partial charge is 0.300 e. The zero-order chi connectivity index (χ0) is 11.1. The molecule has 88 valence electrons. The summed E-state index contributed by atoms with van der Waals surface area (Å²) in [6.45, 7) is 4.40. The van der Waals surface area contributed by atoms with E-state index in [2.05, 4.69) is 13.8 Å². The van der Waals surface area contributed by atoms with Gasteiger partial charge in [-0.15, -0.1) is 0 Å². The van der Waals surface area contributed by atoms with Crippen molar-refractivity contribution in [2.24, 2.45) is 11.8 Å². The van der Waals surface area contributed by atoms with E-state index in [1.165, 1.54) is 37.2 Å². The van der Waals surface area contributed by atoms with Crippen LogP contribution in [0.5, 0.6) is 0 Å². The maximum Gasteiger partial charge on any atom is 0.133 e. The summed E-state index contributed by atoms with van der Waals surface area (Å²) in [5, 5.41) is 0. The van der Waals surface area contributed by atoms with Crippen LogP contribution >= 0.6 is 11.8 Å². The van der Waals surface area contributed by atoms with Crippen molar-refractivity contribution in [1.29, 1.82) is 0 Å². The maximum absolute atomic E-state index is 11.8. The van der Waals surface area contributed by atoms with E-state index in [-0.39, 0.29) is 0 Å². The normalized spacial score (nSPS) is 20.1. The minimum Gasteiger partial charge on any atom is -0.300 e. The molecule has 0 aromatic rings. The Morgan fingerprint density at radius 3 is 2.67 bits per heavy atom. The second kappa shape index (κ2) is 7.32. The van der Waals surface area contributed by atoms with Crippen molar-refractivity contribution in [2.75, 3.05) is 11.5 Å². The number of hydrogen-bond donors (Lipinski definition) is 0. The van der Waals surface area contributed by atoms with Crippen LogP contribution in [0.25, 0.3) is 0 Å². The molecule has 15 heavy (non-hydrogen) atoms. The molecule has 1 atom stereocenters. The summed E-state index contributed by atoms with van der Waals surface area (Å²) in [4.78, 5) is 11.8. The van der Waals surface area contributed by atoms with Crippen molar-refractivity contribution in [3.63, 3.8) is 0 Å². The fourth-order valence-electron chi connectivity index (χ4n) is 2.34. The lowest BCUT2D eigenvalue weighted by Gasteiger charge is -2.21. The van der Waals surface area contributed by atoms with Crippen molar-refractivity contribution >= 4 is 17.5 Å². The van der Waals surface area contributed by atoms with E-state index in [0.29, 0.717) is 17.6 Å². The van der Waals surface area contributed by atoms with Crippen molar-refractivity contribution in [1.82, 2.24) is 0 Å². The molecule has 1 aliphatic heterocycles. The van der Waals surface area contributed by atoms with Crippen molar-refractivity contribution in [3.8, 4) is 0 Å². The maximum atomic E-state index is 11.8. The molecule has 0 aliphatic carbocycles. The Balaban J connectivity index is 2.16. The quantitative estimate of drug-likeness (QED) is 0.685. The van der Waals surface area contributed by atoms with Crippen LogP contribution in [-0.4, -0.2) is 17.3 Å². The highest BCUT2D eigenvalue weighted by atomic mass is 32.2. The van der Waals surface area contributed by atoms with E-state index < -0.39 is 0 Å². The molecule has 0 saturated carbocycles. The highest BCUT2D eigenvalue weighted by Crippen LogP contribution is 2.26. The number of hydrogen-bond acceptors (Lipinski definition) is 2. The molecule has 0 aromatic heterocycles. The Hall–Kier alpha value is 0.0200. The van der Waals surface area contributed by atoms with Gasteiger partial charge in [0.15, 0.2) is 0 Å². The minimum absolute atomic E-state index is 0.507. The first-order valence-electron chi connectivity index (χ1n) is 6.31. The molecular weight excluding hydrogens is 204 g/mol. The Morgan fingerprint density at radius 2 is 2.07 bits per heavy atom. The molecule has 1 rings (SSSR count). The number of carbonyl (C=O) groups excluding carboxylic acids is 1. The van der Waals surface area contributed by atoms with Crippen molar-refractivity contribution < 1.29 is 4.79 Å². The van der Waals surface area contributed by atoms with Crippen LogP contribution in [0.15, 0.2) is 0 Å². The summed E-state index contributed by atoms with van der Waals surface area (Å²) < 4.78 is 0. The average molecular weight is 228 g/mol. The molecule has 0 radical (unpaired) electrons. The van der Waals surface area contributed by atoms with E-state index in [4.69, 9.17) is 0 Å². The zero-order valence-electron chi connectivity index (χ0n) is 10.1. The summed E-state index contributed by atoms with van der Waals surface area (Å²) in [6.07, 6.45) is 6.60. The molecule has 0 amide bonds. The monoisotopic (exact) mass is 228 g/mol. The number of carbonyl (C=O) groups is 1. The van der Waals surface area contributed by atoms with Gasteiger partial charge in [-0.1, -0.05) is 26.7 Å². The lowest BCUT2D eigenvalue weighted by molar-refractivity contribution is -0.120. The number of rotatable bonds is 6. The highest BCUT2D eigenvalue weighted by molar-refractivity contribution is 7.99. The van der Waals surface area contributed by atoms with Crippen LogP contribution in [0, 0.1) is 11.8 Å². The number of ketones is 1. The summed E-state index contributed by atoms with van der Waals surface area (Å²) >= 11 is 2.04. The first-order valence-corrected chi connectivity index (χ1v) is 7.47. The van der Waals surface area contributed by atoms with E-state index in [1.54, 1.807) is 0 Å². The van der Waals surface area contributed by atoms with Gasteiger partial charge in [-0.25, -0.2) is 0 Å². The Bertz CT molecular complexity index is 185. The van der Waals surface area contributed by atoms with E-state index in [9.17, 15) is 4.79 Å². The SMILES string of the molecule is CCCC(C)CC(=O)CC1CCSCC1. The third kappa shape index (κ3) is 5.60. The van der Waals surface area contributed by atoms with Crippen LogP contribution in [0.4, 0.5) is 0 Å². The summed E-state index contributed by atoms with van der Waals surface area (Å²) in [5.41, 5.74) is 0. The minimum atomic E-state index is 0.507. The molecule has 0 aromatic carbocycles. The lowest BCUT2D eigenvalue weighted by Crippen LogP contribution is -2.15. The summed E-state index contributed by atoms with van der Waals surface area (Å²) in [6, 6.07) is 0. The summed E-state index contributed by atoms with van der Waals surface area (Å²) in [7, 11) is 0. The van der Waals surface area contributed by atoms with E-state index >= 15 is 0 Å². The molecule has 2 heteroatoms.